The van der Waals surface area contributed by atoms with E-state index in [0.29, 0.717) is 12.3 Å². The number of carbonyl (C=O) groups is 1. The number of carboxylic acids is 1. The van der Waals surface area contributed by atoms with Gasteiger partial charge in [-0.2, -0.15) is 16.9 Å². The first-order chi connectivity index (χ1) is 18.1. The molecule has 2 aromatic rings. The molecule has 0 aliphatic carbocycles. The van der Waals surface area contributed by atoms with Crippen LogP contribution in [0.2, 0.25) is 0 Å². The summed E-state index contributed by atoms with van der Waals surface area (Å²) in [5, 5.41) is 13.6. The number of pyridine rings is 1. The topological polar surface area (TPSA) is 68.0 Å². The molecular weight excluding hydrogens is 478 g/mol. The fourth-order valence-corrected chi connectivity index (χ4v) is 6.01. The standard InChI is InChI=1S/C31H47N3O2S/c1-25(2)26-20-21-30(32-22-26)34-29(27-23-37-24-28(27)33-34)18-16-14-12-10-8-6-4-3-5-7-9-11-13-15-17-19-31(35)36/h3,5,20-22,25H,4,6-19,23-24H2,1-2H3,(H,35,36)/b5-3-. The summed E-state index contributed by atoms with van der Waals surface area (Å²) in [5.74, 6) is 2.91. The first kappa shape index (κ1) is 29.5. The molecule has 6 heteroatoms. The van der Waals surface area contributed by atoms with Gasteiger partial charge in [-0.05, 0) is 62.5 Å². The minimum absolute atomic E-state index is 0.317. The van der Waals surface area contributed by atoms with Gasteiger partial charge in [-0.3, -0.25) is 4.79 Å². The number of thioether (sulfide) groups is 1. The number of allylic oxidation sites excluding steroid dienone is 2. The van der Waals surface area contributed by atoms with Crippen molar-refractivity contribution in [1.82, 2.24) is 14.8 Å². The largest absolute Gasteiger partial charge is 0.481 e. The van der Waals surface area contributed by atoms with Crippen LogP contribution in [0.25, 0.3) is 5.82 Å². The van der Waals surface area contributed by atoms with Gasteiger partial charge in [0.25, 0.3) is 0 Å². The van der Waals surface area contributed by atoms with E-state index in [1.54, 1.807) is 0 Å². The summed E-state index contributed by atoms with van der Waals surface area (Å²) in [5.41, 5.74) is 5.39. The van der Waals surface area contributed by atoms with Crippen LogP contribution in [0.3, 0.4) is 0 Å². The van der Waals surface area contributed by atoms with Crippen LogP contribution >= 0.6 is 11.8 Å². The number of rotatable bonds is 19. The molecule has 0 saturated heterocycles. The molecule has 3 heterocycles. The second kappa shape index (κ2) is 16.7. The van der Waals surface area contributed by atoms with Gasteiger partial charge in [-0.1, -0.05) is 77.0 Å². The Balaban J connectivity index is 1.26. The normalized spacial score (nSPS) is 13.2. The Hall–Kier alpha value is -2.08. The third-order valence-corrected chi connectivity index (χ3v) is 8.25. The number of hydrogen-bond acceptors (Lipinski definition) is 4. The number of hydrogen-bond donors (Lipinski definition) is 1. The molecule has 0 saturated carbocycles. The zero-order valence-corrected chi connectivity index (χ0v) is 23.9. The van der Waals surface area contributed by atoms with Crippen LogP contribution in [0.5, 0.6) is 0 Å². The molecule has 3 rings (SSSR count). The van der Waals surface area contributed by atoms with Crippen molar-refractivity contribution in [2.24, 2.45) is 0 Å². The number of carboxylic acid groups (broad SMARTS) is 1. The van der Waals surface area contributed by atoms with E-state index in [9.17, 15) is 4.79 Å². The van der Waals surface area contributed by atoms with Gasteiger partial charge in [0.2, 0.25) is 0 Å². The summed E-state index contributed by atoms with van der Waals surface area (Å²) in [6, 6.07) is 4.33. The highest BCUT2D eigenvalue weighted by molar-refractivity contribution is 7.98. The maximum Gasteiger partial charge on any atom is 0.303 e. The van der Waals surface area contributed by atoms with Crippen LogP contribution in [-0.2, 0) is 22.7 Å². The number of unbranched alkanes of at least 4 members (excludes halogenated alkanes) is 11. The quantitative estimate of drug-likeness (QED) is 0.147. The minimum Gasteiger partial charge on any atom is -0.481 e. The SMILES string of the molecule is CC(C)c1ccc(-n2nc3c(c2CCCCCCCC/C=C\CCCCCCCC(=O)O)CSC3)nc1. The van der Waals surface area contributed by atoms with Gasteiger partial charge in [-0.15, -0.1) is 0 Å². The Bertz CT molecular complexity index is 966. The molecule has 1 aliphatic heterocycles. The third kappa shape index (κ3) is 10.3. The summed E-state index contributed by atoms with van der Waals surface area (Å²) < 4.78 is 2.13. The van der Waals surface area contributed by atoms with Crippen LogP contribution in [-0.4, -0.2) is 25.8 Å². The molecule has 0 amide bonds. The van der Waals surface area contributed by atoms with Crippen molar-refractivity contribution < 1.29 is 9.90 Å². The van der Waals surface area contributed by atoms with Crippen LogP contribution in [0.4, 0.5) is 0 Å². The Morgan fingerprint density at radius 2 is 1.59 bits per heavy atom. The molecule has 0 aromatic carbocycles. The highest BCUT2D eigenvalue weighted by atomic mass is 32.2. The monoisotopic (exact) mass is 525 g/mol. The lowest BCUT2D eigenvalue weighted by atomic mass is 10.0. The van der Waals surface area contributed by atoms with Gasteiger partial charge >= 0.3 is 5.97 Å². The Morgan fingerprint density at radius 3 is 2.22 bits per heavy atom. The van der Waals surface area contributed by atoms with E-state index in [4.69, 9.17) is 15.2 Å². The minimum atomic E-state index is -0.671. The van der Waals surface area contributed by atoms with Crippen LogP contribution in [0.15, 0.2) is 30.5 Å². The number of aromatic nitrogens is 3. The van der Waals surface area contributed by atoms with Crippen molar-refractivity contribution in [2.75, 3.05) is 0 Å². The Morgan fingerprint density at radius 1 is 0.946 bits per heavy atom. The lowest BCUT2D eigenvalue weighted by Gasteiger charge is -2.10. The van der Waals surface area contributed by atoms with Crippen molar-refractivity contribution in [3.05, 3.63) is 53.0 Å². The molecule has 0 atom stereocenters. The lowest BCUT2D eigenvalue weighted by Crippen LogP contribution is -2.07. The average molecular weight is 526 g/mol. The molecule has 0 unspecified atom stereocenters. The van der Waals surface area contributed by atoms with Crippen molar-refractivity contribution in [3.8, 4) is 5.82 Å². The predicted octanol–water partition coefficient (Wildman–Crippen LogP) is 8.78. The van der Waals surface area contributed by atoms with Gasteiger partial charge in [-0.25, -0.2) is 9.67 Å². The zero-order valence-electron chi connectivity index (χ0n) is 23.1. The van der Waals surface area contributed by atoms with Crippen molar-refractivity contribution in [2.45, 2.75) is 128 Å². The second-order valence-electron chi connectivity index (χ2n) is 10.7. The maximum atomic E-state index is 10.5. The molecule has 0 fully saturated rings. The fourth-order valence-electron chi connectivity index (χ4n) is 4.94. The highest BCUT2D eigenvalue weighted by Gasteiger charge is 2.23. The van der Waals surface area contributed by atoms with Gasteiger partial charge in [0.1, 0.15) is 0 Å². The van der Waals surface area contributed by atoms with Gasteiger partial charge in [0.15, 0.2) is 5.82 Å². The smallest absolute Gasteiger partial charge is 0.303 e. The number of aliphatic carboxylic acids is 1. The van der Waals surface area contributed by atoms with Gasteiger partial charge in [0.05, 0.1) is 11.4 Å². The first-order valence-corrected chi connectivity index (χ1v) is 15.7. The number of fused-ring (bicyclic) bond motifs is 1. The first-order valence-electron chi connectivity index (χ1n) is 14.6. The molecule has 2 aromatic heterocycles. The summed E-state index contributed by atoms with van der Waals surface area (Å²) in [6.45, 7) is 4.41. The summed E-state index contributed by atoms with van der Waals surface area (Å²) >= 11 is 1.98. The summed E-state index contributed by atoms with van der Waals surface area (Å²) in [6.07, 6.45) is 23.7. The van der Waals surface area contributed by atoms with E-state index in [1.807, 2.05) is 18.0 Å². The van der Waals surface area contributed by atoms with E-state index >= 15 is 0 Å². The molecule has 0 radical (unpaired) electrons. The molecule has 204 valence electrons. The molecule has 0 spiro atoms. The maximum absolute atomic E-state index is 10.5. The molecule has 5 nitrogen and oxygen atoms in total. The van der Waals surface area contributed by atoms with Crippen LogP contribution in [0.1, 0.15) is 132 Å². The second-order valence-corrected chi connectivity index (χ2v) is 11.7. The average Bonchev–Trinajstić information content (AvgIpc) is 3.48. The van der Waals surface area contributed by atoms with E-state index in [2.05, 4.69) is 42.8 Å². The van der Waals surface area contributed by atoms with E-state index in [-0.39, 0.29) is 0 Å². The van der Waals surface area contributed by atoms with Crippen molar-refractivity contribution in [3.63, 3.8) is 0 Å². The van der Waals surface area contributed by atoms with Crippen molar-refractivity contribution >= 4 is 17.7 Å². The van der Waals surface area contributed by atoms with E-state index < -0.39 is 5.97 Å². The molecule has 0 bridgehead atoms. The predicted molar refractivity (Wildman–Crippen MR) is 156 cm³/mol. The van der Waals surface area contributed by atoms with Gasteiger partial charge in [0, 0.05) is 29.7 Å². The van der Waals surface area contributed by atoms with Gasteiger partial charge < -0.3 is 5.11 Å². The molecule has 37 heavy (non-hydrogen) atoms. The van der Waals surface area contributed by atoms with E-state index in [0.717, 1.165) is 49.4 Å². The highest BCUT2D eigenvalue weighted by Crippen LogP contribution is 2.33. The summed E-state index contributed by atoms with van der Waals surface area (Å²) in [7, 11) is 0. The van der Waals surface area contributed by atoms with Crippen LogP contribution in [0, 0.1) is 0 Å². The Labute approximate surface area is 228 Å². The third-order valence-electron chi connectivity index (χ3n) is 7.28. The Kier molecular flexibility index (Phi) is 13.3. The molecule has 1 N–H and O–H groups in total. The zero-order chi connectivity index (χ0) is 26.3. The molecular formula is C31H47N3O2S. The van der Waals surface area contributed by atoms with Crippen LogP contribution < -0.4 is 0 Å². The lowest BCUT2D eigenvalue weighted by molar-refractivity contribution is -0.137. The number of nitrogens with zero attached hydrogens (tertiary/aromatic N) is 3. The molecule has 1 aliphatic rings. The summed E-state index contributed by atoms with van der Waals surface area (Å²) in [4.78, 5) is 15.2. The fraction of sp³-hybridized carbons (Fsp3) is 0.645. The van der Waals surface area contributed by atoms with E-state index in [1.165, 1.54) is 80.3 Å². The van der Waals surface area contributed by atoms with Crippen molar-refractivity contribution in [1.29, 1.82) is 0 Å².